The summed E-state index contributed by atoms with van der Waals surface area (Å²) in [6, 6.07) is 11.8. The van der Waals surface area contributed by atoms with Gasteiger partial charge in [0.25, 0.3) is 5.91 Å². The minimum Gasteiger partial charge on any atom is -0.497 e. The molecule has 7 heteroatoms. The highest BCUT2D eigenvalue weighted by Gasteiger charge is 2.57. The SMILES string of the molecule is COc1ccc2c(c1)OC1(CC3CCC1CC3C(=O)NCCc1ccccc1F)NC2=O. The predicted octanol–water partition coefficient (Wildman–Crippen LogP) is 3.45. The quantitative estimate of drug-likeness (QED) is 0.750. The molecular weight excluding hydrogens is 411 g/mol. The van der Waals surface area contributed by atoms with Gasteiger partial charge in [0.05, 0.1) is 12.7 Å². The Morgan fingerprint density at radius 1 is 1.28 bits per heavy atom. The van der Waals surface area contributed by atoms with Gasteiger partial charge in [-0.1, -0.05) is 18.2 Å². The van der Waals surface area contributed by atoms with Crippen molar-refractivity contribution in [2.45, 2.75) is 37.8 Å². The number of carbonyl (C=O) groups excluding carboxylic acids is 2. The van der Waals surface area contributed by atoms with E-state index in [1.807, 2.05) is 0 Å². The van der Waals surface area contributed by atoms with E-state index >= 15 is 0 Å². The molecule has 168 valence electrons. The number of halogens is 1. The van der Waals surface area contributed by atoms with Crippen LogP contribution in [0.15, 0.2) is 42.5 Å². The Morgan fingerprint density at radius 2 is 2.12 bits per heavy atom. The Balaban J connectivity index is 1.26. The van der Waals surface area contributed by atoms with Crippen molar-refractivity contribution in [3.63, 3.8) is 0 Å². The number of amides is 2. The molecule has 4 atom stereocenters. The van der Waals surface area contributed by atoms with Crippen LogP contribution in [0.25, 0.3) is 0 Å². The summed E-state index contributed by atoms with van der Waals surface area (Å²) in [6.07, 6.45) is 3.56. The maximum absolute atomic E-state index is 13.8. The highest BCUT2D eigenvalue weighted by atomic mass is 19.1. The van der Waals surface area contributed by atoms with Crippen LogP contribution >= 0.6 is 0 Å². The average Bonchev–Trinajstić information content (AvgIpc) is 2.80. The molecule has 1 heterocycles. The van der Waals surface area contributed by atoms with E-state index in [-0.39, 0.29) is 35.4 Å². The van der Waals surface area contributed by atoms with Crippen molar-refractivity contribution in [3.05, 3.63) is 59.4 Å². The van der Waals surface area contributed by atoms with Crippen LogP contribution in [0.4, 0.5) is 4.39 Å². The van der Waals surface area contributed by atoms with Crippen molar-refractivity contribution < 1.29 is 23.5 Å². The van der Waals surface area contributed by atoms with Gasteiger partial charge in [-0.2, -0.15) is 0 Å². The van der Waals surface area contributed by atoms with Crippen molar-refractivity contribution >= 4 is 11.8 Å². The van der Waals surface area contributed by atoms with E-state index in [0.717, 1.165) is 12.8 Å². The highest BCUT2D eigenvalue weighted by molar-refractivity contribution is 5.98. The van der Waals surface area contributed by atoms with Gasteiger partial charge in [-0.25, -0.2) is 4.39 Å². The third-order valence-electron chi connectivity index (χ3n) is 7.26. The van der Waals surface area contributed by atoms with Gasteiger partial charge in [0.1, 0.15) is 17.3 Å². The number of fused-ring (bicyclic) bond motifs is 3. The number of carbonyl (C=O) groups is 2. The van der Waals surface area contributed by atoms with Gasteiger partial charge in [-0.3, -0.25) is 9.59 Å². The standard InChI is InChI=1S/C25H27FN2O4/c1-31-18-8-9-19-22(13-18)32-25(28-24(19)30)14-16-6-7-17(25)12-20(16)23(29)27-11-10-15-4-2-3-5-21(15)26/h2-5,8-9,13,16-17,20H,6-7,10-12,14H2,1H3,(H,27,29)(H,28,30). The van der Waals surface area contributed by atoms with Crippen LogP contribution in [0, 0.1) is 23.6 Å². The predicted molar refractivity (Wildman–Crippen MR) is 116 cm³/mol. The first-order chi connectivity index (χ1) is 15.5. The summed E-state index contributed by atoms with van der Waals surface area (Å²) in [5.41, 5.74) is 0.327. The maximum atomic E-state index is 13.8. The molecule has 6 nitrogen and oxygen atoms in total. The smallest absolute Gasteiger partial charge is 0.258 e. The Morgan fingerprint density at radius 3 is 2.88 bits per heavy atom. The second-order valence-electron chi connectivity index (χ2n) is 9.02. The van der Waals surface area contributed by atoms with Crippen LogP contribution in [0.3, 0.4) is 0 Å². The lowest BCUT2D eigenvalue weighted by Crippen LogP contribution is -2.67. The van der Waals surface area contributed by atoms with Crippen LogP contribution in [0.1, 0.15) is 41.6 Å². The summed E-state index contributed by atoms with van der Waals surface area (Å²) < 4.78 is 25.5. The van der Waals surface area contributed by atoms with E-state index in [2.05, 4.69) is 10.6 Å². The fourth-order valence-electron chi connectivity index (χ4n) is 5.59. The number of nitrogens with one attached hydrogen (secondary N) is 2. The molecule has 3 aliphatic carbocycles. The molecule has 2 N–H and O–H groups in total. The Bertz CT molecular complexity index is 1060. The molecule has 4 unspecified atom stereocenters. The Kier molecular flexibility index (Phi) is 5.27. The number of hydrogen-bond donors (Lipinski definition) is 2. The first-order valence-corrected chi connectivity index (χ1v) is 11.2. The van der Waals surface area contributed by atoms with Crippen molar-refractivity contribution in [1.29, 1.82) is 0 Å². The van der Waals surface area contributed by atoms with Gasteiger partial charge in [0, 0.05) is 30.9 Å². The van der Waals surface area contributed by atoms with E-state index < -0.39 is 5.72 Å². The fraction of sp³-hybridized carbons (Fsp3) is 0.440. The van der Waals surface area contributed by atoms with E-state index in [4.69, 9.17) is 9.47 Å². The summed E-state index contributed by atoms with van der Waals surface area (Å²) in [6.45, 7) is 0.402. The van der Waals surface area contributed by atoms with E-state index in [0.29, 0.717) is 48.4 Å². The molecule has 0 aromatic heterocycles. The van der Waals surface area contributed by atoms with E-state index in [9.17, 15) is 14.0 Å². The summed E-state index contributed by atoms with van der Waals surface area (Å²) in [5, 5.41) is 6.11. The topological polar surface area (TPSA) is 76.7 Å². The molecule has 2 bridgehead atoms. The fourth-order valence-corrected chi connectivity index (χ4v) is 5.59. The van der Waals surface area contributed by atoms with Crippen LogP contribution < -0.4 is 20.1 Å². The van der Waals surface area contributed by atoms with Gasteiger partial charge in [0.2, 0.25) is 5.91 Å². The zero-order valence-electron chi connectivity index (χ0n) is 18.0. The molecule has 4 aliphatic rings. The largest absolute Gasteiger partial charge is 0.497 e. The van der Waals surface area contributed by atoms with Gasteiger partial charge >= 0.3 is 0 Å². The van der Waals surface area contributed by atoms with Crippen LogP contribution in [0.2, 0.25) is 0 Å². The lowest BCUT2D eigenvalue weighted by Gasteiger charge is -2.55. The molecule has 1 aliphatic heterocycles. The summed E-state index contributed by atoms with van der Waals surface area (Å²) >= 11 is 0. The minimum atomic E-state index is -0.774. The second-order valence-corrected chi connectivity index (χ2v) is 9.02. The number of rotatable bonds is 5. The minimum absolute atomic E-state index is 0.00935. The van der Waals surface area contributed by atoms with Crippen molar-refractivity contribution in [2.24, 2.45) is 17.8 Å². The Labute approximate surface area is 186 Å². The molecule has 0 radical (unpaired) electrons. The van der Waals surface area contributed by atoms with Crippen LogP contribution in [0.5, 0.6) is 11.5 Å². The number of hydrogen-bond acceptors (Lipinski definition) is 4. The van der Waals surface area contributed by atoms with Gasteiger partial charge in [-0.05, 0) is 55.4 Å². The normalized spacial score (nSPS) is 27.9. The number of benzene rings is 2. The number of methoxy groups -OCH3 is 1. The molecule has 3 fully saturated rings. The first-order valence-electron chi connectivity index (χ1n) is 11.2. The molecule has 2 amide bonds. The van der Waals surface area contributed by atoms with Gasteiger partial charge in [-0.15, -0.1) is 0 Å². The highest BCUT2D eigenvalue weighted by Crippen LogP contribution is 2.52. The molecule has 1 spiro atoms. The molecule has 2 aromatic rings. The third-order valence-corrected chi connectivity index (χ3v) is 7.26. The van der Waals surface area contributed by atoms with Crippen molar-refractivity contribution in [2.75, 3.05) is 13.7 Å². The van der Waals surface area contributed by atoms with Crippen LogP contribution in [-0.2, 0) is 11.2 Å². The summed E-state index contributed by atoms with van der Waals surface area (Å²) in [4.78, 5) is 25.7. The third kappa shape index (κ3) is 3.59. The average molecular weight is 438 g/mol. The Hall–Kier alpha value is -3.09. The second kappa shape index (κ2) is 8.11. The van der Waals surface area contributed by atoms with Gasteiger partial charge < -0.3 is 20.1 Å². The first kappa shape index (κ1) is 20.8. The molecular formula is C25H27FN2O4. The van der Waals surface area contributed by atoms with Gasteiger partial charge in [0.15, 0.2) is 5.72 Å². The lowest BCUT2D eigenvalue weighted by atomic mass is 9.60. The number of ether oxygens (including phenoxy) is 2. The van der Waals surface area contributed by atoms with Crippen LogP contribution in [-0.4, -0.2) is 31.2 Å². The molecule has 2 aromatic carbocycles. The van der Waals surface area contributed by atoms with E-state index in [1.165, 1.54) is 6.07 Å². The maximum Gasteiger partial charge on any atom is 0.258 e. The summed E-state index contributed by atoms with van der Waals surface area (Å²) in [5.74, 6) is 0.851. The monoisotopic (exact) mass is 438 g/mol. The summed E-state index contributed by atoms with van der Waals surface area (Å²) in [7, 11) is 1.58. The molecule has 0 saturated heterocycles. The zero-order chi connectivity index (χ0) is 22.3. The zero-order valence-corrected chi connectivity index (χ0v) is 18.0. The molecule has 3 saturated carbocycles. The molecule has 32 heavy (non-hydrogen) atoms. The molecule has 6 rings (SSSR count). The van der Waals surface area contributed by atoms with Crippen molar-refractivity contribution in [1.82, 2.24) is 10.6 Å². The van der Waals surface area contributed by atoms with E-state index in [1.54, 1.807) is 43.5 Å². The van der Waals surface area contributed by atoms with Crippen molar-refractivity contribution in [3.8, 4) is 11.5 Å². The lowest BCUT2D eigenvalue weighted by molar-refractivity contribution is -0.146.